The molecule has 0 atom stereocenters. The summed E-state index contributed by atoms with van der Waals surface area (Å²) < 4.78 is 4.44. The topological polar surface area (TPSA) is 26.3 Å². The predicted molar refractivity (Wildman–Crippen MR) is 52.5 cm³/mol. The number of ether oxygens (including phenoxy) is 1. The zero-order chi connectivity index (χ0) is 9.68. The van der Waals surface area contributed by atoms with Crippen LogP contribution in [0.1, 0.15) is 5.56 Å². The SMILES string of the molecule is COC(=O)/C=C\c1ccccc1Cl. The van der Waals surface area contributed by atoms with Gasteiger partial charge in [0.1, 0.15) is 0 Å². The molecule has 13 heavy (non-hydrogen) atoms. The molecule has 0 aliphatic heterocycles. The second-order valence-corrected chi connectivity index (χ2v) is 2.79. The molecule has 2 nitrogen and oxygen atoms in total. The van der Waals surface area contributed by atoms with Gasteiger partial charge in [-0.2, -0.15) is 0 Å². The number of halogens is 1. The standard InChI is InChI=1S/C10H9ClO2/c1-13-10(12)7-6-8-4-2-3-5-9(8)11/h2-7H,1H3/b7-6-. The lowest BCUT2D eigenvalue weighted by atomic mass is 10.2. The smallest absolute Gasteiger partial charge is 0.330 e. The minimum atomic E-state index is -0.389. The van der Waals surface area contributed by atoms with Crippen molar-refractivity contribution >= 4 is 23.6 Å². The molecule has 0 spiro atoms. The molecule has 0 radical (unpaired) electrons. The summed E-state index contributed by atoms with van der Waals surface area (Å²) in [5.74, 6) is -0.389. The van der Waals surface area contributed by atoms with E-state index in [-0.39, 0.29) is 5.97 Å². The Bertz CT molecular complexity index is 331. The van der Waals surface area contributed by atoms with E-state index in [1.54, 1.807) is 12.1 Å². The van der Waals surface area contributed by atoms with Gasteiger partial charge in [-0.05, 0) is 17.7 Å². The van der Waals surface area contributed by atoms with Crippen LogP contribution in [0.5, 0.6) is 0 Å². The van der Waals surface area contributed by atoms with Crippen LogP contribution < -0.4 is 0 Å². The van der Waals surface area contributed by atoms with Crippen molar-refractivity contribution in [2.24, 2.45) is 0 Å². The lowest BCUT2D eigenvalue weighted by Crippen LogP contribution is -1.93. The minimum Gasteiger partial charge on any atom is -0.466 e. The number of rotatable bonds is 2. The van der Waals surface area contributed by atoms with Crippen LogP contribution in [0.3, 0.4) is 0 Å². The molecule has 0 aliphatic carbocycles. The summed E-state index contributed by atoms with van der Waals surface area (Å²) >= 11 is 5.85. The summed E-state index contributed by atoms with van der Waals surface area (Å²) in [4.78, 5) is 10.7. The fraction of sp³-hybridized carbons (Fsp3) is 0.100. The average molecular weight is 197 g/mol. The fourth-order valence-electron chi connectivity index (χ4n) is 0.836. The van der Waals surface area contributed by atoms with Crippen molar-refractivity contribution in [1.29, 1.82) is 0 Å². The molecule has 3 heteroatoms. The Labute approximate surface area is 81.8 Å². The summed E-state index contributed by atoms with van der Waals surface area (Å²) in [5.41, 5.74) is 0.801. The number of hydrogen-bond donors (Lipinski definition) is 0. The lowest BCUT2D eigenvalue weighted by molar-refractivity contribution is -0.134. The summed E-state index contributed by atoms with van der Waals surface area (Å²) in [5, 5.41) is 0.614. The van der Waals surface area contributed by atoms with E-state index in [4.69, 9.17) is 11.6 Å². The maximum absolute atomic E-state index is 10.7. The van der Waals surface area contributed by atoms with Crippen molar-refractivity contribution in [2.45, 2.75) is 0 Å². The van der Waals surface area contributed by atoms with E-state index in [1.165, 1.54) is 13.2 Å². The Balaban J connectivity index is 2.80. The molecule has 0 amide bonds. The van der Waals surface area contributed by atoms with Gasteiger partial charge < -0.3 is 4.74 Å². The van der Waals surface area contributed by atoms with Gasteiger partial charge in [-0.1, -0.05) is 29.8 Å². The first-order chi connectivity index (χ1) is 6.24. The van der Waals surface area contributed by atoms with E-state index in [0.717, 1.165) is 5.56 Å². The van der Waals surface area contributed by atoms with Crippen molar-refractivity contribution in [1.82, 2.24) is 0 Å². The lowest BCUT2D eigenvalue weighted by Gasteiger charge is -1.95. The molecule has 0 heterocycles. The van der Waals surface area contributed by atoms with Crippen molar-refractivity contribution in [3.8, 4) is 0 Å². The third-order valence-corrected chi connectivity index (χ3v) is 1.85. The second kappa shape index (κ2) is 4.67. The number of methoxy groups -OCH3 is 1. The normalized spacial score (nSPS) is 10.3. The Hall–Kier alpha value is -1.28. The third kappa shape index (κ3) is 2.92. The Morgan fingerprint density at radius 2 is 2.15 bits per heavy atom. The van der Waals surface area contributed by atoms with Crippen molar-refractivity contribution in [2.75, 3.05) is 7.11 Å². The molecule has 68 valence electrons. The molecular formula is C10H9ClO2. The summed E-state index contributed by atoms with van der Waals surface area (Å²) in [6, 6.07) is 7.26. The number of esters is 1. The van der Waals surface area contributed by atoms with Gasteiger partial charge in [-0.3, -0.25) is 0 Å². The highest BCUT2D eigenvalue weighted by atomic mass is 35.5. The van der Waals surface area contributed by atoms with E-state index in [1.807, 2.05) is 18.2 Å². The average Bonchev–Trinajstić information content (AvgIpc) is 2.16. The van der Waals surface area contributed by atoms with Crippen LogP contribution in [0.15, 0.2) is 30.3 Å². The maximum atomic E-state index is 10.7. The molecule has 0 saturated carbocycles. The van der Waals surface area contributed by atoms with Gasteiger partial charge in [-0.25, -0.2) is 4.79 Å². The molecule has 1 aromatic rings. The zero-order valence-corrected chi connectivity index (χ0v) is 7.91. The Morgan fingerprint density at radius 1 is 1.46 bits per heavy atom. The number of carbonyl (C=O) groups is 1. The molecule has 1 rings (SSSR count). The van der Waals surface area contributed by atoms with Gasteiger partial charge in [0.2, 0.25) is 0 Å². The van der Waals surface area contributed by atoms with E-state index in [2.05, 4.69) is 4.74 Å². The predicted octanol–water partition coefficient (Wildman–Crippen LogP) is 2.53. The van der Waals surface area contributed by atoms with Crippen LogP contribution in [0, 0.1) is 0 Å². The molecule has 0 aromatic heterocycles. The van der Waals surface area contributed by atoms with Gasteiger partial charge in [0.15, 0.2) is 0 Å². The number of hydrogen-bond acceptors (Lipinski definition) is 2. The highest BCUT2D eigenvalue weighted by Crippen LogP contribution is 2.15. The van der Waals surface area contributed by atoms with Crippen LogP contribution in [0.2, 0.25) is 5.02 Å². The quantitative estimate of drug-likeness (QED) is 0.537. The molecule has 1 aromatic carbocycles. The van der Waals surface area contributed by atoms with E-state index < -0.39 is 0 Å². The van der Waals surface area contributed by atoms with Gasteiger partial charge in [0.05, 0.1) is 7.11 Å². The largest absolute Gasteiger partial charge is 0.466 e. The summed E-state index contributed by atoms with van der Waals surface area (Å²) in [6.07, 6.45) is 2.95. The van der Waals surface area contributed by atoms with Gasteiger partial charge in [0, 0.05) is 11.1 Å². The third-order valence-electron chi connectivity index (χ3n) is 1.51. The maximum Gasteiger partial charge on any atom is 0.330 e. The van der Waals surface area contributed by atoms with E-state index >= 15 is 0 Å². The summed E-state index contributed by atoms with van der Waals surface area (Å²) in [7, 11) is 1.33. The fourth-order valence-corrected chi connectivity index (χ4v) is 1.03. The van der Waals surface area contributed by atoms with Crippen molar-refractivity contribution in [3.05, 3.63) is 40.9 Å². The molecular weight excluding hydrogens is 188 g/mol. The minimum absolute atomic E-state index is 0.389. The van der Waals surface area contributed by atoms with Gasteiger partial charge in [0.25, 0.3) is 0 Å². The monoisotopic (exact) mass is 196 g/mol. The van der Waals surface area contributed by atoms with Crippen LogP contribution in [0.25, 0.3) is 6.08 Å². The van der Waals surface area contributed by atoms with E-state index in [9.17, 15) is 4.79 Å². The molecule has 0 aliphatic rings. The Kier molecular flexibility index (Phi) is 3.53. The zero-order valence-electron chi connectivity index (χ0n) is 7.16. The molecule has 0 unspecified atom stereocenters. The highest BCUT2D eigenvalue weighted by molar-refractivity contribution is 6.32. The van der Waals surface area contributed by atoms with Crippen LogP contribution in [0.4, 0.5) is 0 Å². The van der Waals surface area contributed by atoms with Crippen LogP contribution >= 0.6 is 11.6 Å². The van der Waals surface area contributed by atoms with Crippen molar-refractivity contribution in [3.63, 3.8) is 0 Å². The highest BCUT2D eigenvalue weighted by Gasteiger charge is 1.95. The van der Waals surface area contributed by atoms with Gasteiger partial charge >= 0.3 is 5.97 Å². The molecule has 0 saturated heterocycles. The van der Waals surface area contributed by atoms with Gasteiger partial charge in [-0.15, -0.1) is 0 Å². The number of carbonyl (C=O) groups excluding carboxylic acids is 1. The molecule has 0 fully saturated rings. The first kappa shape index (κ1) is 9.81. The van der Waals surface area contributed by atoms with Crippen molar-refractivity contribution < 1.29 is 9.53 Å². The van der Waals surface area contributed by atoms with Crippen LogP contribution in [-0.4, -0.2) is 13.1 Å². The van der Waals surface area contributed by atoms with E-state index in [0.29, 0.717) is 5.02 Å². The molecule has 0 bridgehead atoms. The first-order valence-electron chi connectivity index (χ1n) is 3.74. The summed E-state index contributed by atoms with van der Waals surface area (Å²) in [6.45, 7) is 0. The first-order valence-corrected chi connectivity index (χ1v) is 4.12. The van der Waals surface area contributed by atoms with Crippen LogP contribution in [-0.2, 0) is 9.53 Å². The number of benzene rings is 1. The second-order valence-electron chi connectivity index (χ2n) is 2.38. The Morgan fingerprint density at radius 3 is 2.77 bits per heavy atom. The molecule has 0 N–H and O–H groups in total.